The Morgan fingerprint density at radius 3 is 2.47 bits per heavy atom. The van der Waals surface area contributed by atoms with Gasteiger partial charge in [-0.25, -0.2) is 4.79 Å². The lowest BCUT2D eigenvalue weighted by Gasteiger charge is -2.40. The Kier molecular flexibility index (Phi) is 3.60. The minimum Gasteiger partial charge on any atom is -0.444 e. The van der Waals surface area contributed by atoms with E-state index in [1.807, 2.05) is 27.7 Å². The van der Waals surface area contributed by atoms with E-state index in [2.05, 4.69) is 0 Å². The molecular weight excluding hydrogens is 192 g/mol. The average Bonchev–Trinajstić information content (AvgIpc) is 1.91. The van der Waals surface area contributed by atoms with Gasteiger partial charge in [0.15, 0.2) is 0 Å². The minimum absolute atomic E-state index is 0.205. The zero-order valence-electron chi connectivity index (χ0n) is 10.1. The van der Waals surface area contributed by atoms with Gasteiger partial charge < -0.3 is 15.4 Å². The van der Waals surface area contributed by atoms with Crippen molar-refractivity contribution >= 4 is 6.09 Å². The van der Waals surface area contributed by atoms with Crippen LogP contribution in [-0.2, 0) is 4.74 Å². The Morgan fingerprint density at radius 2 is 2.07 bits per heavy atom. The molecule has 15 heavy (non-hydrogen) atoms. The summed E-state index contributed by atoms with van der Waals surface area (Å²) in [7, 11) is 0. The zero-order valence-corrected chi connectivity index (χ0v) is 10.1. The largest absolute Gasteiger partial charge is 0.444 e. The van der Waals surface area contributed by atoms with Crippen LogP contribution in [0.3, 0.4) is 0 Å². The minimum atomic E-state index is -0.399. The maximum absolute atomic E-state index is 11.5. The normalized spacial score (nSPS) is 19.7. The molecule has 0 saturated carbocycles. The molecule has 4 nitrogen and oxygen atoms in total. The molecule has 1 rings (SSSR count). The van der Waals surface area contributed by atoms with E-state index in [0.29, 0.717) is 5.92 Å². The molecule has 0 aromatic heterocycles. The highest BCUT2D eigenvalue weighted by molar-refractivity contribution is 5.69. The van der Waals surface area contributed by atoms with Crippen LogP contribution in [0, 0.1) is 5.92 Å². The smallest absolute Gasteiger partial charge is 0.410 e. The molecule has 0 aromatic rings. The van der Waals surface area contributed by atoms with Crippen molar-refractivity contribution in [3.8, 4) is 0 Å². The van der Waals surface area contributed by atoms with Gasteiger partial charge in [0.25, 0.3) is 0 Å². The van der Waals surface area contributed by atoms with Crippen molar-refractivity contribution < 1.29 is 9.53 Å². The van der Waals surface area contributed by atoms with E-state index in [9.17, 15) is 4.79 Å². The van der Waals surface area contributed by atoms with Crippen LogP contribution >= 0.6 is 0 Å². The summed E-state index contributed by atoms with van der Waals surface area (Å²) in [5, 5.41) is 0. The number of amides is 1. The lowest BCUT2D eigenvalue weighted by molar-refractivity contribution is -0.00281. The second-order valence-electron chi connectivity index (χ2n) is 5.46. The highest BCUT2D eigenvalue weighted by Gasteiger charge is 2.33. The summed E-state index contributed by atoms with van der Waals surface area (Å²) in [6, 6.07) is 0.218. The summed E-state index contributed by atoms with van der Waals surface area (Å²) in [5.41, 5.74) is 5.29. The molecule has 2 N–H and O–H groups in total. The molecular formula is C11H22N2O2. The lowest BCUT2D eigenvalue weighted by Crippen LogP contribution is -2.52. The van der Waals surface area contributed by atoms with E-state index in [1.165, 1.54) is 0 Å². The Labute approximate surface area is 91.8 Å². The average molecular weight is 214 g/mol. The Balaban J connectivity index is 2.24. The predicted octanol–water partition coefficient (Wildman–Crippen LogP) is 1.59. The first-order valence-corrected chi connectivity index (χ1v) is 5.51. The van der Waals surface area contributed by atoms with Gasteiger partial charge in [-0.15, -0.1) is 0 Å². The van der Waals surface area contributed by atoms with Gasteiger partial charge in [0.05, 0.1) is 0 Å². The third kappa shape index (κ3) is 4.08. The molecule has 88 valence electrons. The third-order valence-electron chi connectivity index (χ3n) is 2.31. The van der Waals surface area contributed by atoms with Gasteiger partial charge in [0, 0.05) is 19.1 Å². The van der Waals surface area contributed by atoms with E-state index in [1.54, 1.807) is 4.90 Å². The Bertz CT molecular complexity index is 227. The van der Waals surface area contributed by atoms with E-state index in [-0.39, 0.29) is 12.1 Å². The quantitative estimate of drug-likeness (QED) is 0.759. The monoisotopic (exact) mass is 214 g/mol. The number of ether oxygens (including phenoxy) is 1. The van der Waals surface area contributed by atoms with Gasteiger partial charge in [-0.3, -0.25) is 0 Å². The van der Waals surface area contributed by atoms with Crippen molar-refractivity contribution in [1.82, 2.24) is 4.90 Å². The van der Waals surface area contributed by atoms with Crippen LogP contribution in [0.1, 0.15) is 34.1 Å². The number of nitrogens with zero attached hydrogens (tertiary/aromatic N) is 1. The van der Waals surface area contributed by atoms with Gasteiger partial charge in [-0.2, -0.15) is 0 Å². The summed E-state index contributed by atoms with van der Waals surface area (Å²) in [6.45, 7) is 9.21. The molecule has 0 aliphatic carbocycles. The van der Waals surface area contributed by atoms with Crippen LogP contribution in [0.5, 0.6) is 0 Å². The molecule has 1 fully saturated rings. The Morgan fingerprint density at radius 1 is 1.53 bits per heavy atom. The molecule has 0 unspecified atom stereocenters. The number of hydrogen-bond donors (Lipinski definition) is 1. The van der Waals surface area contributed by atoms with E-state index in [0.717, 1.165) is 19.5 Å². The van der Waals surface area contributed by atoms with Crippen molar-refractivity contribution in [2.75, 3.05) is 13.1 Å². The van der Waals surface area contributed by atoms with Crippen LogP contribution in [0.2, 0.25) is 0 Å². The highest BCUT2D eigenvalue weighted by Crippen LogP contribution is 2.22. The standard InChI is InChI=1S/C11H22N2O2/c1-8(12)5-9-6-13(7-9)10(14)15-11(2,3)4/h8-9H,5-7,12H2,1-4H3/t8-/m1/s1. The topological polar surface area (TPSA) is 55.6 Å². The van der Waals surface area contributed by atoms with E-state index < -0.39 is 5.60 Å². The van der Waals surface area contributed by atoms with E-state index in [4.69, 9.17) is 10.5 Å². The summed E-state index contributed by atoms with van der Waals surface area (Å²) in [5.74, 6) is 0.553. The van der Waals surface area contributed by atoms with Gasteiger partial charge in [-0.1, -0.05) is 0 Å². The first-order valence-electron chi connectivity index (χ1n) is 5.51. The van der Waals surface area contributed by atoms with Crippen LogP contribution in [0.25, 0.3) is 0 Å². The Hall–Kier alpha value is -0.770. The van der Waals surface area contributed by atoms with Crippen molar-refractivity contribution in [1.29, 1.82) is 0 Å². The maximum atomic E-state index is 11.5. The summed E-state index contributed by atoms with van der Waals surface area (Å²) in [6.07, 6.45) is 0.780. The fourth-order valence-electron chi connectivity index (χ4n) is 1.72. The van der Waals surface area contributed by atoms with Crippen LogP contribution in [0.15, 0.2) is 0 Å². The molecule has 1 saturated heterocycles. The van der Waals surface area contributed by atoms with Crippen molar-refractivity contribution in [3.63, 3.8) is 0 Å². The molecule has 0 spiro atoms. The van der Waals surface area contributed by atoms with Gasteiger partial charge in [-0.05, 0) is 40.0 Å². The van der Waals surface area contributed by atoms with Gasteiger partial charge in [0.1, 0.15) is 5.60 Å². The second kappa shape index (κ2) is 4.39. The van der Waals surface area contributed by atoms with Crippen LogP contribution in [0.4, 0.5) is 4.79 Å². The predicted molar refractivity (Wildman–Crippen MR) is 59.6 cm³/mol. The summed E-state index contributed by atoms with van der Waals surface area (Å²) >= 11 is 0. The number of carbonyl (C=O) groups excluding carboxylic acids is 1. The number of likely N-dealkylation sites (tertiary alicyclic amines) is 1. The molecule has 1 amide bonds. The summed E-state index contributed by atoms with van der Waals surface area (Å²) < 4.78 is 5.25. The zero-order chi connectivity index (χ0) is 11.6. The highest BCUT2D eigenvalue weighted by atomic mass is 16.6. The lowest BCUT2D eigenvalue weighted by atomic mass is 9.94. The number of nitrogens with two attached hydrogens (primary N) is 1. The first-order chi connectivity index (χ1) is 6.78. The maximum Gasteiger partial charge on any atom is 0.410 e. The molecule has 1 aliphatic heterocycles. The molecule has 0 bridgehead atoms. The molecule has 4 heteroatoms. The van der Waals surface area contributed by atoms with Crippen molar-refractivity contribution in [2.24, 2.45) is 11.7 Å². The van der Waals surface area contributed by atoms with Gasteiger partial charge >= 0.3 is 6.09 Å². The van der Waals surface area contributed by atoms with Gasteiger partial charge in [0.2, 0.25) is 0 Å². The fraction of sp³-hybridized carbons (Fsp3) is 0.909. The molecule has 1 aliphatic rings. The molecule has 0 aromatic carbocycles. The third-order valence-corrected chi connectivity index (χ3v) is 2.31. The number of hydrogen-bond acceptors (Lipinski definition) is 3. The van der Waals surface area contributed by atoms with Crippen molar-refractivity contribution in [3.05, 3.63) is 0 Å². The van der Waals surface area contributed by atoms with Crippen LogP contribution < -0.4 is 5.73 Å². The van der Waals surface area contributed by atoms with E-state index >= 15 is 0 Å². The summed E-state index contributed by atoms with van der Waals surface area (Å²) in [4.78, 5) is 13.3. The van der Waals surface area contributed by atoms with Crippen LogP contribution in [-0.4, -0.2) is 35.7 Å². The SMILES string of the molecule is C[C@@H](N)CC1CN(C(=O)OC(C)(C)C)C1. The van der Waals surface area contributed by atoms with Crippen molar-refractivity contribution in [2.45, 2.75) is 45.8 Å². The molecule has 1 heterocycles. The second-order valence-corrected chi connectivity index (χ2v) is 5.46. The molecule has 0 radical (unpaired) electrons. The number of carbonyl (C=O) groups is 1. The first kappa shape index (κ1) is 12.3. The fourth-order valence-corrected chi connectivity index (χ4v) is 1.72. The molecule has 1 atom stereocenters. The number of rotatable bonds is 2.